The molecule has 0 aliphatic carbocycles. The van der Waals surface area contributed by atoms with E-state index in [0.717, 1.165) is 12.1 Å². The quantitative estimate of drug-likeness (QED) is 0.727. The lowest BCUT2D eigenvalue weighted by molar-refractivity contribution is 0.261. The van der Waals surface area contributed by atoms with E-state index in [1.165, 1.54) is 10.6 Å². The van der Waals surface area contributed by atoms with Crippen molar-refractivity contribution < 1.29 is 13.6 Å². The third-order valence-corrected chi connectivity index (χ3v) is 3.86. The normalized spacial score (nSPS) is 11.0. The van der Waals surface area contributed by atoms with E-state index >= 15 is 0 Å². The second-order valence-electron chi connectivity index (χ2n) is 6.44. The lowest BCUT2D eigenvalue weighted by Crippen LogP contribution is -2.31. The van der Waals surface area contributed by atoms with E-state index in [2.05, 4.69) is 15.6 Å². The predicted molar refractivity (Wildman–Crippen MR) is 99.8 cm³/mol. The van der Waals surface area contributed by atoms with Crippen LogP contribution in [-0.2, 0) is 6.54 Å². The lowest BCUT2D eigenvalue weighted by Gasteiger charge is -2.17. The molecule has 140 valence electrons. The molecule has 6 nitrogen and oxygen atoms in total. The number of urea groups is 1. The van der Waals surface area contributed by atoms with Gasteiger partial charge in [0, 0.05) is 11.9 Å². The maximum atomic E-state index is 13.8. The maximum Gasteiger partial charge on any atom is 0.349 e. The molecule has 0 unspecified atom stereocenters. The summed E-state index contributed by atoms with van der Waals surface area (Å²) < 4.78 is 28.9. The average Bonchev–Trinajstić information content (AvgIpc) is 2.61. The van der Waals surface area contributed by atoms with Crippen LogP contribution < -0.4 is 16.3 Å². The molecule has 2 aromatic carbocycles. The van der Waals surface area contributed by atoms with Gasteiger partial charge in [-0.25, -0.2) is 18.4 Å². The number of amides is 2. The zero-order valence-electron chi connectivity index (χ0n) is 14.8. The van der Waals surface area contributed by atoms with Crippen LogP contribution in [0.3, 0.4) is 0 Å². The number of para-hydroxylation sites is 2. The highest BCUT2D eigenvalue weighted by molar-refractivity contribution is 6.04. The van der Waals surface area contributed by atoms with Gasteiger partial charge in [-0.3, -0.25) is 9.88 Å². The summed E-state index contributed by atoms with van der Waals surface area (Å²) in [6, 6.07) is 9.23. The SMILES string of the molecule is CC(C)Cn1c(NC(=O)Nc2c(F)cccc2F)c2ccccc2nc1=O. The average molecular weight is 372 g/mol. The Hall–Kier alpha value is -3.29. The fourth-order valence-corrected chi connectivity index (χ4v) is 2.71. The highest BCUT2D eigenvalue weighted by Crippen LogP contribution is 2.22. The van der Waals surface area contributed by atoms with Crippen LogP contribution >= 0.6 is 0 Å². The van der Waals surface area contributed by atoms with E-state index < -0.39 is 29.0 Å². The second-order valence-corrected chi connectivity index (χ2v) is 6.44. The first-order valence-electron chi connectivity index (χ1n) is 8.38. The van der Waals surface area contributed by atoms with Crippen molar-refractivity contribution in [2.75, 3.05) is 10.6 Å². The Labute approximate surface area is 153 Å². The molecule has 0 saturated carbocycles. The van der Waals surface area contributed by atoms with E-state index in [-0.39, 0.29) is 11.7 Å². The predicted octanol–water partition coefficient (Wildman–Crippen LogP) is 3.97. The van der Waals surface area contributed by atoms with Crippen LogP contribution in [0, 0.1) is 17.6 Å². The molecule has 3 rings (SSSR count). The first-order chi connectivity index (χ1) is 12.9. The third-order valence-electron chi connectivity index (χ3n) is 3.86. The molecule has 0 bridgehead atoms. The largest absolute Gasteiger partial charge is 0.349 e. The Morgan fingerprint density at radius 2 is 1.74 bits per heavy atom. The van der Waals surface area contributed by atoms with Gasteiger partial charge in [-0.2, -0.15) is 4.98 Å². The molecule has 0 spiro atoms. The molecule has 27 heavy (non-hydrogen) atoms. The number of halogens is 2. The number of nitrogens with zero attached hydrogens (tertiary/aromatic N) is 2. The first-order valence-corrected chi connectivity index (χ1v) is 8.38. The van der Waals surface area contributed by atoms with E-state index in [9.17, 15) is 18.4 Å². The molecule has 1 heterocycles. The van der Waals surface area contributed by atoms with Crippen molar-refractivity contribution in [2.24, 2.45) is 5.92 Å². The number of benzene rings is 2. The van der Waals surface area contributed by atoms with Crippen LogP contribution in [0.4, 0.5) is 25.1 Å². The van der Waals surface area contributed by atoms with Crippen LogP contribution in [0.15, 0.2) is 47.3 Å². The number of anilines is 2. The molecule has 3 aromatic rings. The van der Waals surface area contributed by atoms with Gasteiger partial charge in [0.15, 0.2) is 0 Å². The third kappa shape index (κ3) is 3.94. The summed E-state index contributed by atoms with van der Waals surface area (Å²) in [5.41, 5.74) is -0.671. The molecule has 2 amide bonds. The van der Waals surface area contributed by atoms with Gasteiger partial charge >= 0.3 is 11.7 Å². The van der Waals surface area contributed by atoms with Gasteiger partial charge in [0.2, 0.25) is 0 Å². The fourth-order valence-electron chi connectivity index (χ4n) is 2.71. The van der Waals surface area contributed by atoms with Crippen molar-refractivity contribution in [3.8, 4) is 0 Å². The molecule has 0 atom stereocenters. The topological polar surface area (TPSA) is 76.0 Å². The molecule has 1 aromatic heterocycles. The van der Waals surface area contributed by atoms with E-state index in [1.54, 1.807) is 24.3 Å². The summed E-state index contributed by atoms with van der Waals surface area (Å²) in [6.07, 6.45) is 0. The lowest BCUT2D eigenvalue weighted by atomic mass is 10.2. The fraction of sp³-hybridized carbons (Fsp3) is 0.211. The van der Waals surface area contributed by atoms with Crippen molar-refractivity contribution in [1.29, 1.82) is 0 Å². The smallest absolute Gasteiger partial charge is 0.303 e. The molecule has 0 aliphatic rings. The monoisotopic (exact) mass is 372 g/mol. The molecular formula is C19H18F2N4O2. The number of nitrogens with one attached hydrogen (secondary N) is 2. The Balaban J connectivity index is 2.02. The zero-order chi connectivity index (χ0) is 19.6. The molecule has 2 N–H and O–H groups in total. The van der Waals surface area contributed by atoms with Crippen molar-refractivity contribution >= 4 is 28.4 Å². The minimum absolute atomic E-state index is 0.110. The number of carbonyl (C=O) groups is 1. The zero-order valence-corrected chi connectivity index (χ0v) is 14.8. The number of hydrogen-bond acceptors (Lipinski definition) is 3. The molecule has 8 heteroatoms. The Bertz CT molecular complexity index is 1040. The van der Waals surface area contributed by atoms with Crippen molar-refractivity contribution in [2.45, 2.75) is 20.4 Å². The standard InChI is InChI=1S/C19H18F2N4O2/c1-11(2)10-25-17(12-6-3-4-9-15(12)22-19(25)27)24-18(26)23-16-13(20)7-5-8-14(16)21/h3-9,11H,10H2,1-2H3,(H2,23,24,26). The van der Waals surface area contributed by atoms with Crippen LogP contribution in [0.25, 0.3) is 10.9 Å². The second kappa shape index (κ2) is 7.53. The van der Waals surface area contributed by atoms with Gasteiger partial charge in [-0.1, -0.05) is 32.0 Å². The minimum Gasteiger partial charge on any atom is -0.303 e. The summed E-state index contributed by atoms with van der Waals surface area (Å²) in [4.78, 5) is 28.8. The molecular weight excluding hydrogens is 354 g/mol. The number of rotatable bonds is 4. The Morgan fingerprint density at radius 3 is 2.41 bits per heavy atom. The van der Waals surface area contributed by atoms with Crippen molar-refractivity contribution in [3.05, 3.63) is 64.6 Å². The van der Waals surface area contributed by atoms with Crippen molar-refractivity contribution in [3.63, 3.8) is 0 Å². The Morgan fingerprint density at radius 1 is 1.07 bits per heavy atom. The maximum absolute atomic E-state index is 13.8. The van der Waals surface area contributed by atoms with Gasteiger partial charge in [0.1, 0.15) is 23.1 Å². The highest BCUT2D eigenvalue weighted by atomic mass is 19.1. The number of aromatic nitrogens is 2. The molecule has 0 fully saturated rings. The van der Waals surface area contributed by atoms with Crippen LogP contribution in [-0.4, -0.2) is 15.6 Å². The van der Waals surface area contributed by atoms with Crippen LogP contribution in [0.1, 0.15) is 13.8 Å². The number of hydrogen-bond donors (Lipinski definition) is 2. The van der Waals surface area contributed by atoms with Crippen LogP contribution in [0.2, 0.25) is 0 Å². The minimum atomic E-state index is -0.899. The highest BCUT2D eigenvalue weighted by Gasteiger charge is 2.17. The Kier molecular flexibility index (Phi) is 5.16. The van der Waals surface area contributed by atoms with E-state index in [4.69, 9.17) is 0 Å². The van der Waals surface area contributed by atoms with Gasteiger partial charge in [0.05, 0.1) is 5.52 Å². The van der Waals surface area contributed by atoms with Gasteiger partial charge in [-0.05, 0) is 30.2 Å². The van der Waals surface area contributed by atoms with Gasteiger partial charge < -0.3 is 5.32 Å². The number of fused-ring (bicyclic) bond motifs is 1. The first kappa shape index (κ1) is 18.5. The van der Waals surface area contributed by atoms with Crippen LogP contribution in [0.5, 0.6) is 0 Å². The summed E-state index contributed by atoms with van der Waals surface area (Å²) >= 11 is 0. The summed E-state index contributed by atoms with van der Waals surface area (Å²) in [5, 5.41) is 5.24. The van der Waals surface area contributed by atoms with Gasteiger partial charge in [0.25, 0.3) is 0 Å². The molecule has 0 saturated heterocycles. The number of carbonyl (C=O) groups excluding carboxylic acids is 1. The van der Waals surface area contributed by atoms with Crippen molar-refractivity contribution in [1.82, 2.24) is 9.55 Å². The van der Waals surface area contributed by atoms with E-state index in [0.29, 0.717) is 17.4 Å². The summed E-state index contributed by atoms with van der Waals surface area (Å²) in [5.74, 6) is -1.47. The summed E-state index contributed by atoms with van der Waals surface area (Å²) in [7, 11) is 0. The van der Waals surface area contributed by atoms with E-state index in [1.807, 2.05) is 13.8 Å². The molecule has 0 aliphatic heterocycles. The van der Waals surface area contributed by atoms with Gasteiger partial charge in [-0.15, -0.1) is 0 Å². The summed E-state index contributed by atoms with van der Waals surface area (Å²) in [6.45, 7) is 4.15. The molecule has 0 radical (unpaired) electrons.